The third kappa shape index (κ3) is 3.27. The van der Waals surface area contributed by atoms with Crippen LogP contribution in [0.2, 0.25) is 0 Å². The third-order valence-electron chi connectivity index (χ3n) is 3.26. The molecule has 0 amide bonds. The van der Waals surface area contributed by atoms with Crippen LogP contribution in [0, 0.1) is 0 Å². The first-order valence-electron chi connectivity index (χ1n) is 6.31. The Morgan fingerprint density at radius 2 is 2.35 bits per heavy atom. The number of oxime groups is 1. The maximum Gasteiger partial charge on any atom is 0.188 e. The Kier molecular flexibility index (Phi) is 4.57. The number of nitrogens with two attached hydrogens (primary N) is 1. The number of amidine groups is 1. The van der Waals surface area contributed by atoms with E-state index in [0.717, 1.165) is 12.1 Å². The molecule has 5 nitrogen and oxygen atoms in total. The molecule has 2 heterocycles. The number of nitrogens with zero attached hydrogens (tertiary/aromatic N) is 3. The highest BCUT2D eigenvalue weighted by Gasteiger charge is 2.13. The quantitative estimate of drug-likeness (QED) is 0.383. The normalized spacial score (nSPS) is 13.2. The zero-order valence-corrected chi connectivity index (χ0v) is 12.3. The maximum atomic E-state index is 8.71. The maximum absolute atomic E-state index is 8.71. The van der Waals surface area contributed by atoms with E-state index in [-0.39, 0.29) is 5.84 Å². The molecule has 0 spiro atoms. The van der Waals surface area contributed by atoms with Gasteiger partial charge in [-0.05, 0) is 30.5 Å². The van der Waals surface area contributed by atoms with Crippen molar-refractivity contribution in [1.29, 1.82) is 0 Å². The Morgan fingerprint density at radius 3 is 3.00 bits per heavy atom. The monoisotopic (exact) mass is 290 g/mol. The van der Waals surface area contributed by atoms with Crippen molar-refractivity contribution < 1.29 is 5.21 Å². The highest BCUT2D eigenvalue weighted by molar-refractivity contribution is 7.09. The fraction of sp³-hybridized carbons (Fsp3) is 0.286. The lowest BCUT2D eigenvalue weighted by Crippen LogP contribution is -2.30. The average Bonchev–Trinajstić information content (AvgIpc) is 2.98. The Morgan fingerprint density at radius 1 is 1.55 bits per heavy atom. The number of hydrogen-bond acceptors (Lipinski definition) is 5. The lowest BCUT2D eigenvalue weighted by Gasteiger charge is -2.27. The van der Waals surface area contributed by atoms with Crippen molar-refractivity contribution in [1.82, 2.24) is 4.98 Å². The third-order valence-corrected chi connectivity index (χ3v) is 4.16. The molecule has 3 N–H and O–H groups in total. The van der Waals surface area contributed by atoms with Crippen LogP contribution < -0.4 is 10.6 Å². The molecule has 0 aromatic carbocycles. The van der Waals surface area contributed by atoms with Gasteiger partial charge in [0.25, 0.3) is 0 Å². The molecule has 6 heteroatoms. The van der Waals surface area contributed by atoms with Crippen LogP contribution in [-0.2, 0) is 6.42 Å². The van der Waals surface area contributed by atoms with Gasteiger partial charge >= 0.3 is 0 Å². The zero-order chi connectivity index (χ0) is 14.5. The number of likely N-dealkylation sites (N-methyl/N-ethyl adjacent to an activating group) is 1. The summed E-state index contributed by atoms with van der Waals surface area (Å²) in [5.41, 5.74) is 7.03. The first kappa shape index (κ1) is 14.3. The highest BCUT2D eigenvalue weighted by atomic mass is 32.1. The first-order chi connectivity index (χ1) is 9.61. The Hall–Kier alpha value is -2.08. The van der Waals surface area contributed by atoms with Crippen LogP contribution in [0.3, 0.4) is 0 Å². The van der Waals surface area contributed by atoms with Crippen molar-refractivity contribution >= 4 is 22.9 Å². The second-order valence-electron chi connectivity index (χ2n) is 4.63. The van der Waals surface area contributed by atoms with E-state index in [9.17, 15) is 0 Å². The lowest BCUT2D eigenvalue weighted by molar-refractivity contribution is 0.318. The molecule has 0 radical (unpaired) electrons. The van der Waals surface area contributed by atoms with Crippen molar-refractivity contribution in [3.8, 4) is 0 Å². The van der Waals surface area contributed by atoms with Crippen molar-refractivity contribution in [2.24, 2.45) is 10.9 Å². The van der Waals surface area contributed by atoms with E-state index in [1.165, 1.54) is 4.88 Å². The Balaban J connectivity index is 2.14. The molecule has 0 saturated carbocycles. The van der Waals surface area contributed by atoms with Crippen LogP contribution in [0.15, 0.2) is 41.0 Å². The average molecular weight is 290 g/mol. The molecular formula is C14H18N4OS. The van der Waals surface area contributed by atoms with Gasteiger partial charge in [-0.15, -0.1) is 11.3 Å². The summed E-state index contributed by atoms with van der Waals surface area (Å²) in [7, 11) is 2.03. The summed E-state index contributed by atoms with van der Waals surface area (Å²) in [5, 5.41) is 13.8. The van der Waals surface area contributed by atoms with Crippen LogP contribution in [0.1, 0.15) is 17.5 Å². The van der Waals surface area contributed by atoms with Crippen molar-refractivity contribution in [3.63, 3.8) is 0 Å². The summed E-state index contributed by atoms with van der Waals surface area (Å²) in [6, 6.07) is 8.29. The van der Waals surface area contributed by atoms with Gasteiger partial charge in [0.1, 0.15) is 5.69 Å². The first-order valence-corrected chi connectivity index (χ1v) is 7.19. The summed E-state index contributed by atoms with van der Waals surface area (Å²) < 4.78 is 0. The molecule has 0 aliphatic rings. The number of rotatable bonds is 5. The van der Waals surface area contributed by atoms with E-state index in [4.69, 9.17) is 10.9 Å². The standard InChI is InChI=1S/C14H18N4OS/c1-10(8-12-4-3-7-20-12)18(2)11-5-6-16-13(9-11)14(15)17-19/h3-7,9-10,19H,8H2,1-2H3,(H2,15,17). The smallest absolute Gasteiger partial charge is 0.188 e. The SMILES string of the molecule is CC(Cc1cccs1)N(C)c1ccnc(C(N)=NO)c1. The second kappa shape index (κ2) is 6.38. The van der Waals surface area contributed by atoms with Crippen LogP contribution >= 0.6 is 11.3 Å². The van der Waals surface area contributed by atoms with Crippen LogP contribution in [-0.4, -0.2) is 29.1 Å². The van der Waals surface area contributed by atoms with Gasteiger partial charge in [-0.25, -0.2) is 0 Å². The molecule has 0 saturated heterocycles. The van der Waals surface area contributed by atoms with Gasteiger partial charge < -0.3 is 15.8 Å². The minimum Gasteiger partial charge on any atom is -0.409 e. The molecule has 0 aliphatic heterocycles. The van der Waals surface area contributed by atoms with Crippen molar-refractivity contribution in [3.05, 3.63) is 46.4 Å². The number of aromatic nitrogens is 1. The molecule has 0 aliphatic carbocycles. The van der Waals surface area contributed by atoms with Crippen LogP contribution in [0.25, 0.3) is 0 Å². The predicted molar refractivity (Wildman–Crippen MR) is 82.6 cm³/mol. The summed E-state index contributed by atoms with van der Waals surface area (Å²) in [4.78, 5) is 7.61. The second-order valence-corrected chi connectivity index (χ2v) is 5.66. The molecule has 1 unspecified atom stereocenters. The number of hydrogen-bond donors (Lipinski definition) is 2. The molecule has 2 aromatic rings. The largest absolute Gasteiger partial charge is 0.409 e. The topological polar surface area (TPSA) is 74.7 Å². The van der Waals surface area contributed by atoms with Crippen molar-refractivity contribution in [2.75, 3.05) is 11.9 Å². The van der Waals surface area contributed by atoms with Crippen LogP contribution in [0.4, 0.5) is 5.69 Å². The zero-order valence-electron chi connectivity index (χ0n) is 11.5. The van der Waals surface area contributed by atoms with E-state index in [2.05, 4.69) is 39.5 Å². The fourth-order valence-corrected chi connectivity index (χ4v) is 2.77. The summed E-state index contributed by atoms with van der Waals surface area (Å²) in [6.07, 6.45) is 2.65. The van der Waals surface area contributed by atoms with E-state index in [0.29, 0.717) is 11.7 Å². The Bertz CT molecular complexity index is 583. The molecule has 20 heavy (non-hydrogen) atoms. The van der Waals surface area contributed by atoms with E-state index < -0.39 is 0 Å². The number of anilines is 1. The minimum atomic E-state index is 0.0196. The molecule has 0 bridgehead atoms. The number of thiophene rings is 1. The van der Waals surface area contributed by atoms with Gasteiger partial charge in [0, 0.05) is 36.3 Å². The van der Waals surface area contributed by atoms with Crippen LogP contribution in [0.5, 0.6) is 0 Å². The molecule has 0 fully saturated rings. The summed E-state index contributed by atoms with van der Waals surface area (Å²) in [6.45, 7) is 2.17. The van der Waals surface area contributed by atoms with Gasteiger partial charge in [0.2, 0.25) is 0 Å². The molecule has 2 aromatic heterocycles. The van der Waals surface area contributed by atoms with Gasteiger partial charge in [0.15, 0.2) is 5.84 Å². The number of pyridine rings is 1. The molecule has 1 atom stereocenters. The van der Waals surface area contributed by atoms with Gasteiger partial charge in [-0.1, -0.05) is 11.2 Å². The van der Waals surface area contributed by atoms with Gasteiger partial charge in [-0.2, -0.15) is 0 Å². The Labute approximate surface area is 122 Å². The fourth-order valence-electron chi connectivity index (χ4n) is 1.94. The van der Waals surface area contributed by atoms with E-state index in [1.54, 1.807) is 17.5 Å². The van der Waals surface area contributed by atoms with Gasteiger partial charge in [0.05, 0.1) is 0 Å². The van der Waals surface area contributed by atoms with E-state index >= 15 is 0 Å². The lowest BCUT2D eigenvalue weighted by atomic mass is 10.1. The molecular weight excluding hydrogens is 272 g/mol. The summed E-state index contributed by atoms with van der Waals surface area (Å²) >= 11 is 1.76. The van der Waals surface area contributed by atoms with E-state index in [1.807, 2.05) is 19.2 Å². The summed E-state index contributed by atoms with van der Waals surface area (Å²) in [5.74, 6) is 0.0196. The molecule has 2 rings (SSSR count). The van der Waals surface area contributed by atoms with Gasteiger partial charge in [-0.3, -0.25) is 4.98 Å². The predicted octanol–water partition coefficient (Wildman–Crippen LogP) is 2.30. The minimum absolute atomic E-state index is 0.0196. The molecule has 106 valence electrons. The van der Waals surface area contributed by atoms with Crippen molar-refractivity contribution in [2.45, 2.75) is 19.4 Å². The highest BCUT2D eigenvalue weighted by Crippen LogP contribution is 2.19.